The van der Waals surface area contributed by atoms with Crippen LogP contribution in [0.4, 0.5) is 0 Å². The first-order chi connectivity index (χ1) is 6.76. The largest absolute Gasteiger partial charge is 0.481 e. The number of carboxylic acids is 1. The van der Waals surface area contributed by atoms with Crippen molar-refractivity contribution >= 4 is 16.2 Å². The second kappa shape index (κ2) is 4.07. The van der Waals surface area contributed by atoms with Gasteiger partial charge < -0.3 is 5.11 Å². The molecule has 6 nitrogen and oxygen atoms in total. The van der Waals surface area contributed by atoms with Crippen LogP contribution in [0.3, 0.4) is 0 Å². The van der Waals surface area contributed by atoms with Crippen LogP contribution in [0.1, 0.15) is 13.8 Å². The molecule has 7 heteroatoms. The van der Waals surface area contributed by atoms with Crippen LogP contribution < -0.4 is 0 Å². The van der Waals surface area contributed by atoms with Gasteiger partial charge in [-0.2, -0.15) is 17.0 Å². The Labute approximate surface area is 89.7 Å². The van der Waals surface area contributed by atoms with Gasteiger partial charge >= 0.3 is 5.97 Å². The van der Waals surface area contributed by atoms with Crippen molar-refractivity contribution in [2.24, 2.45) is 5.92 Å². The highest BCUT2D eigenvalue weighted by molar-refractivity contribution is 7.86. The van der Waals surface area contributed by atoms with E-state index in [2.05, 4.69) is 0 Å². The Kier molecular flexibility index (Phi) is 3.37. The molecule has 0 radical (unpaired) electrons. The second-order valence-electron chi connectivity index (χ2n) is 3.97. The molecular weight excluding hydrogens is 220 g/mol. The van der Waals surface area contributed by atoms with Crippen molar-refractivity contribution in [2.75, 3.05) is 20.1 Å². The first-order valence-electron chi connectivity index (χ1n) is 4.72. The predicted octanol–water partition coefficient (Wildman–Crippen LogP) is -0.412. The number of rotatable bonds is 4. The Morgan fingerprint density at radius 2 is 1.93 bits per heavy atom. The van der Waals surface area contributed by atoms with Crippen molar-refractivity contribution in [3.63, 3.8) is 0 Å². The summed E-state index contributed by atoms with van der Waals surface area (Å²) >= 11 is 0. The number of carboxylic acid groups (broad SMARTS) is 1. The lowest BCUT2D eigenvalue weighted by molar-refractivity contribution is -0.145. The van der Waals surface area contributed by atoms with Crippen LogP contribution in [0.15, 0.2) is 0 Å². The van der Waals surface area contributed by atoms with Gasteiger partial charge in [-0.25, -0.2) is 0 Å². The van der Waals surface area contributed by atoms with E-state index in [1.54, 1.807) is 13.8 Å². The number of nitrogens with zero attached hydrogens (tertiary/aromatic N) is 2. The molecule has 88 valence electrons. The topological polar surface area (TPSA) is 77.9 Å². The molecule has 1 rings (SSSR count). The zero-order valence-corrected chi connectivity index (χ0v) is 9.86. The summed E-state index contributed by atoms with van der Waals surface area (Å²) in [4.78, 5) is 10.5. The lowest BCUT2D eigenvalue weighted by atomic mass is 10.0. The van der Waals surface area contributed by atoms with Gasteiger partial charge in [-0.05, 0) is 13.8 Å². The summed E-state index contributed by atoms with van der Waals surface area (Å²) in [5.41, 5.74) is 0. The number of carbonyl (C=O) groups is 1. The van der Waals surface area contributed by atoms with E-state index >= 15 is 0 Å². The molecular formula is C8H16N2O4S. The van der Waals surface area contributed by atoms with Crippen LogP contribution in [0, 0.1) is 5.92 Å². The fourth-order valence-electron chi connectivity index (χ4n) is 1.23. The number of hydrogen-bond acceptors (Lipinski definition) is 3. The maximum absolute atomic E-state index is 11.8. The zero-order valence-electron chi connectivity index (χ0n) is 9.04. The van der Waals surface area contributed by atoms with Crippen LogP contribution in [-0.4, -0.2) is 54.3 Å². The van der Waals surface area contributed by atoms with E-state index in [9.17, 15) is 13.2 Å². The first kappa shape index (κ1) is 12.4. The van der Waals surface area contributed by atoms with E-state index in [4.69, 9.17) is 5.11 Å². The van der Waals surface area contributed by atoms with Crippen molar-refractivity contribution < 1.29 is 18.3 Å². The molecule has 1 heterocycles. The molecule has 0 amide bonds. The Morgan fingerprint density at radius 1 is 1.47 bits per heavy atom. The monoisotopic (exact) mass is 236 g/mol. The molecule has 0 bridgehead atoms. The lowest BCUT2D eigenvalue weighted by Gasteiger charge is -2.38. The minimum absolute atomic E-state index is 0.0781. The van der Waals surface area contributed by atoms with Gasteiger partial charge in [0.25, 0.3) is 10.2 Å². The lowest BCUT2D eigenvalue weighted by Crippen LogP contribution is -2.57. The maximum atomic E-state index is 11.8. The molecule has 0 aromatic heterocycles. The van der Waals surface area contributed by atoms with Crippen molar-refractivity contribution in [3.05, 3.63) is 0 Å². The summed E-state index contributed by atoms with van der Waals surface area (Å²) in [5.74, 6) is -1.49. The quantitative estimate of drug-likeness (QED) is 0.719. The summed E-state index contributed by atoms with van der Waals surface area (Å²) in [6.07, 6.45) is 0. The van der Waals surface area contributed by atoms with Crippen LogP contribution in [-0.2, 0) is 15.0 Å². The van der Waals surface area contributed by atoms with E-state index in [0.29, 0.717) is 0 Å². The Bertz CT molecular complexity index is 346. The molecule has 1 fully saturated rings. The molecule has 0 spiro atoms. The highest BCUT2D eigenvalue weighted by Gasteiger charge is 2.41. The van der Waals surface area contributed by atoms with Crippen LogP contribution in [0.2, 0.25) is 0 Å². The third-order valence-corrected chi connectivity index (χ3v) is 4.71. The fourth-order valence-corrected chi connectivity index (χ4v) is 2.87. The van der Waals surface area contributed by atoms with Crippen LogP contribution in [0.5, 0.6) is 0 Å². The Morgan fingerprint density at radius 3 is 2.27 bits per heavy atom. The second-order valence-corrected chi connectivity index (χ2v) is 5.96. The molecule has 1 aliphatic rings. The highest BCUT2D eigenvalue weighted by atomic mass is 32.2. The van der Waals surface area contributed by atoms with E-state index in [1.807, 2.05) is 0 Å². The first-order valence-corrected chi connectivity index (χ1v) is 6.12. The van der Waals surface area contributed by atoms with Gasteiger partial charge in [-0.3, -0.25) is 4.79 Å². The third-order valence-electron chi connectivity index (χ3n) is 2.61. The molecule has 0 aromatic rings. The van der Waals surface area contributed by atoms with Crippen molar-refractivity contribution in [3.8, 4) is 0 Å². The van der Waals surface area contributed by atoms with Gasteiger partial charge in [0.05, 0.1) is 5.92 Å². The average molecular weight is 236 g/mol. The molecule has 0 aliphatic carbocycles. The molecule has 0 saturated carbocycles. The minimum Gasteiger partial charge on any atom is -0.481 e. The maximum Gasteiger partial charge on any atom is 0.309 e. The van der Waals surface area contributed by atoms with E-state index < -0.39 is 22.1 Å². The Hall–Kier alpha value is -0.660. The summed E-state index contributed by atoms with van der Waals surface area (Å²) in [5, 5.41) is 8.63. The number of hydrogen-bond donors (Lipinski definition) is 1. The fraction of sp³-hybridized carbons (Fsp3) is 0.875. The molecule has 0 atom stereocenters. The van der Waals surface area contributed by atoms with E-state index in [-0.39, 0.29) is 19.1 Å². The average Bonchev–Trinajstić information content (AvgIpc) is 1.98. The van der Waals surface area contributed by atoms with Crippen LogP contribution in [0.25, 0.3) is 0 Å². The van der Waals surface area contributed by atoms with Crippen molar-refractivity contribution in [2.45, 2.75) is 19.9 Å². The van der Waals surface area contributed by atoms with Gasteiger partial charge in [0.2, 0.25) is 0 Å². The summed E-state index contributed by atoms with van der Waals surface area (Å²) in [7, 11) is -1.97. The van der Waals surface area contributed by atoms with E-state index in [1.165, 1.54) is 15.7 Å². The van der Waals surface area contributed by atoms with E-state index in [0.717, 1.165) is 0 Å². The standard InChI is InChI=1S/C8H16N2O4S/c1-6(2)9(3)15(13,14)10-4-7(5-10)8(11)12/h6-7H,4-5H2,1-3H3,(H,11,12). The third kappa shape index (κ3) is 2.30. The van der Waals surface area contributed by atoms with Crippen LogP contribution >= 0.6 is 0 Å². The van der Waals surface area contributed by atoms with Gasteiger partial charge in [0.1, 0.15) is 0 Å². The van der Waals surface area contributed by atoms with Crippen molar-refractivity contribution in [1.29, 1.82) is 0 Å². The molecule has 1 aliphatic heterocycles. The highest BCUT2D eigenvalue weighted by Crippen LogP contribution is 2.22. The predicted molar refractivity (Wildman–Crippen MR) is 54.5 cm³/mol. The number of aliphatic carboxylic acids is 1. The van der Waals surface area contributed by atoms with Gasteiger partial charge in [-0.15, -0.1) is 0 Å². The van der Waals surface area contributed by atoms with Gasteiger partial charge in [0, 0.05) is 26.2 Å². The smallest absolute Gasteiger partial charge is 0.309 e. The SMILES string of the molecule is CC(C)N(C)S(=O)(=O)N1CC(C(=O)O)C1. The summed E-state index contributed by atoms with van der Waals surface area (Å²) < 4.78 is 26.0. The molecule has 0 unspecified atom stereocenters. The molecule has 0 aromatic carbocycles. The molecule has 1 N–H and O–H groups in total. The summed E-state index contributed by atoms with van der Waals surface area (Å²) in [6, 6.07) is -0.126. The van der Waals surface area contributed by atoms with Crippen molar-refractivity contribution in [1.82, 2.24) is 8.61 Å². The van der Waals surface area contributed by atoms with Gasteiger partial charge in [0.15, 0.2) is 0 Å². The Balaban J connectivity index is 2.64. The zero-order chi connectivity index (χ0) is 11.8. The minimum atomic E-state index is -3.46. The molecule has 1 saturated heterocycles. The van der Waals surface area contributed by atoms with Gasteiger partial charge in [-0.1, -0.05) is 0 Å². The molecule has 15 heavy (non-hydrogen) atoms. The normalized spacial score (nSPS) is 19.5. The summed E-state index contributed by atoms with van der Waals surface area (Å²) in [6.45, 7) is 3.70.